The second-order valence-electron chi connectivity index (χ2n) is 3.98. The van der Waals surface area contributed by atoms with Crippen molar-refractivity contribution in [3.63, 3.8) is 0 Å². The van der Waals surface area contributed by atoms with Crippen molar-refractivity contribution in [2.45, 2.75) is 6.92 Å². The van der Waals surface area contributed by atoms with Gasteiger partial charge in [0.2, 0.25) is 0 Å². The van der Waals surface area contributed by atoms with E-state index >= 15 is 0 Å². The molecule has 18 heavy (non-hydrogen) atoms. The van der Waals surface area contributed by atoms with Gasteiger partial charge in [-0.3, -0.25) is 9.78 Å². The summed E-state index contributed by atoms with van der Waals surface area (Å²) in [4.78, 5) is 15.9. The lowest BCUT2D eigenvalue weighted by Gasteiger charge is -2.04. The molecule has 3 heterocycles. The Morgan fingerprint density at radius 3 is 2.72 bits per heavy atom. The summed E-state index contributed by atoms with van der Waals surface area (Å²) in [5, 5.41) is 8.74. The Morgan fingerprint density at radius 1 is 1.28 bits per heavy atom. The Kier molecular flexibility index (Phi) is 2.22. The maximum atomic E-state index is 11.9. The van der Waals surface area contributed by atoms with E-state index in [0.717, 1.165) is 5.56 Å². The zero-order chi connectivity index (χ0) is 12.7. The number of pyridine rings is 1. The van der Waals surface area contributed by atoms with Crippen LogP contribution in [-0.4, -0.2) is 19.9 Å². The van der Waals surface area contributed by atoms with Crippen LogP contribution in [0.5, 0.6) is 0 Å². The first-order valence-electron chi connectivity index (χ1n) is 5.42. The lowest BCUT2D eigenvalue weighted by atomic mass is 10.1. The van der Waals surface area contributed by atoms with Crippen LogP contribution in [0.15, 0.2) is 33.8 Å². The first-order valence-corrected chi connectivity index (χ1v) is 5.42. The summed E-state index contributed by atoms with van der Waals surface area (Å²) < 4.78 is 6.36. The Morgan fingerprint density at radius 2 is 2.00 bits per heavy atom. The van der Waals surface area contributed by atoms with E-state index in [4.69, 9.17) is 4.52 Å². The molecule has 0 aromatic carbocycles. The van der Waals surface area contributed by atoms with E-state index in [9.17, 15) is 4.79 Å². The van der Waals surface area contributed by atoms with Gasteiger partial charge in [0.15, 0.2) is 5.52 Å². The van der Waals surface area contributed by atoms with Crippen molar-refractivity contribution in [1.29, 1.82) is 0 Å². The van der Waals surface area contributed by atoms with E-state index < -0.39 is 0 Å². The van der Waals surface area contributed by atoms with Gasteiger partial charge in [-0.2, -0.15) is 5.10 Å². The van der Waals surface area contributed by atoms with Crippen LogP contribution in [-0.2, 0) is 7.05 Å². The minimum absolute atomic E-state index is 0.264. The monoisotopic (exact) mass is 242 g/mol. The zero-order valence-corrected chi connectivity index (χ0v) is 9.91. The van der Waals surface area contributed by atoms with Crippen LogP contribution in [0.1, 0.15) is 5.76 Å². The average Bonchev–Trinajstić information content (AvgIpc) is 2.77. The van der Waals surface area contributed by atoms with Crippen molar-refractivity contribution in [1.82, 2.24) is 19.9 Å². The van der Waals surface area contributed by atoms with E-state index in [2.05, 4.69) is 15.2 Å². The predicted octanol–water partition coefficient (Wildman–Crippen LogP) is 1.29. The third-order valence-electron chi connectivity index (χ3n) is 2.80. The lowest BCUT2D eigenvalue weighted by molar-refractivity contribution is 0.405. The SMILES string of the molecule is Cc1onc2c(=O)n(C)nc(-c3ccncc3)c12. The number of aryl methyl sites for hydroxylation is 2. The van der Waals surface area contributed by atoms with E-state index in [1.165, 1.54) is 4.68 Å². The van der Waals surface area contributed by atoms with Gasteiger partial charge < -0.3 is 4.52 Å². The van der Waals surface area contributed by atoms with Crippen LogP contribution in [0.2, 0.25) is 0 Å². The maximum absolute atomic E-state index is 11.9. The van der Waals surface area contributed by atoms with Gasteiger partial charge in [-0.15, -0.1) is 0 Å². The van der Waals surface area contributed by atoms with Gasteiger partial charge in [-0.1, -0.05) is 5.16 Å². The fourth-order valence-electron chi connectivity index (χ4n) is 1.91. The molecule has 0 spiro atoms. The minimum Gasteiger partial charge on any atom is -0.360 e. The number of hydrogen-bond donors (Lipinski definition) is 0. The highest BCUT2D eigenvalue weighted by molar-refractivity contribution is 5.92. The molecule has 0 aliphatic rings. The van der Waals surface area contributed by atoms with E-state index in [1.807, 2.05) is 12.1 Å². The second kappa shape index (κ2) is 3.76. The molecule has 3 aromatic rings. The molecular weight excluding hydrogens is 232 g/mol. The van der Waals surface area contributed by atoms with Gasteiger partial charge in [0.1, 0.15) is 11.5 Å². The number of nitrogens with zero attached hydrogens (tertiary/aromatic N) is 4. The molecule has 0 radical (unpaired) electrons. The van der Waals surface area contributed by atoms with Gasteiger partial charge in [-0.05, 0) is 19.1 Å². The Bertz CT molecular complexity index is 774. The van der Waals surface area contributed by atoms with Gasteiger partial charge in [0.25, 0.3) is 5.56 Å². The maximum Gasteiger partial charge on any atom is 0.296 e. The molecule has 3 rings (SSSR count). The molecule has 0 saturated heterocycles. The van der Waals surface area contributed by atoms with E-state index in [0.29, 0.717) is 22.4 Å². The summed E-state index contributed by atoms with van der Waals surface area (Å²) in [6.45, 7) is 1.77. The molecule has 0 atom stereocenters. The van der Waals surface area contributed by atoms with Crippen molar-refractivity contribution < 1.29 is 4.52 Å². The van der Waals surface area contributed by atoms with E-state index in [-0.39, 0.29) is 5.56 Å². The van der Waals surface area contributed by atoms with Gasteiger partial charge >= 0.3 is 0 Å². The highest BCUT2D eigenvalue weighted by Crippen LogP contribution is 2.26. The second-order valence-corrected chi connectivity index (χ2v) is 3.98. The predicted molar refractivity (Wildman–Crippen MR) is 65.0 cm³/mol. The molecule has 0 fully saturated rings. The quantitative estimate of drug-likeness (QED) is 0.642. The van der Waals surface area contributed by atoms with Crippen LogP contribution < -0.4 is 5.56 Å². The molecule has 0 amide bonds. The smallest absolute Gasteiger partial charge is 0.296 e. The first-order chi connectivity index (χ1) is 8.68. The molecule has 3 aromatic heterocycles. The standard InChI is InChI=1S/C12H10N4O2/c1-7-9-10(8-3-5-13-6-4-8)14-16(2)12(17)11(9)15-18-7/h3-6H,1-2H3. The third-order valence-corrected chi connectivity index (χ3v) is 2.80. The molecule has 0 saturated carbocycles. The number of rotatable bonds is 1. The molecule has 6 nitrogen and oxygen atoms in total. The van der Waals surface area contributed by atoms with Crippen LogP contribution in [0.3, 0.4) is 0 Å². The van der Waals surface area contributed by atoms with Gasteiger partial charge in [0.05, 0.1) is 5.39 Å². The van der Waals surface area contributed by atoms with Crippen LogP contribution in [0, 0.1) is 6.92 Å². The van der Waals surface area contributed by atoms with Crippen molar-refractivity contribution in [3.8, 4) is 11.3 Å². The molecule has 6 heteroatoms. The van der Waals surface area contributed by atoms with E-state index in [1.54, 1.807) is 26.4 Å². The molecule has 0 unspecified atom stereocenters. The van der Waals surface area contributed by atoms with Crippen LogP contribution in [0.4, 0.5) is 0 Å². The summed E-state index contributed by atoms with van der Waals surface area (Å²) >= 11 is 0. The summed E-state index contributed by atoms with van der Waals surface area (Å²) in [5.41, 5.74) is 1.58. The van der Waals surface area contributed by atoms with Gasteiger partial charge in [0, 0.05) is 25.0 Å². The number of aromatic nitrogens is 4. The number of hydrogen-bond acceptors (Lipinski definition) is 5. The molecule has 0 aliphatic heterocycles. The molecule has 0 aliphatic carbocycles. The normalized spacial score (nSPS) is 11.0. The third kappa shape index (κ3) is 1.42. The van der Waals surface area contributed by atoms with Crippen LogP contribution >= 0.6 is 0 Å². The first kappa shape index (κ1) is 10.6. The summed E-state index contributed by atoms with van der Waals surface area (Å²) in [6.07, 6.45) is 3.35. The Balaban J connectivity index is 2.46. The summed E-state index contributed by atoms with van der Waals surface area (Å²) in [6, 6.07) is 3.66. The van der Waals surface area contributed by atoms with Gasteiger partial charge in [-0.25, -0.2) is 4.68 Å². The number of fused-ring (bicyclic) bond motifs is 1. The lowest BCUT2D eigenvalue weighted by Crippen LogP contribution is -2.20. The molecular formula is C12H10N4O2. The van der Waals surface area contributed by atoms with Crippen molar-refractivity contribution in [2.24, 2.45) is 7.05 Å². The largest absolute Gasteiger partial charge is 0.360 e. The Labute approximate surface area is 102 Å². The molecule has 90 valence electrons. The van der Waals surface area contributed by atoms with Crippen LogP contribution in [0.25, 0.3) is 22.2 Å². The summed E-state index contributed by atoms with van der Waals surface area (Å²) in [5.74, 6) is 0.585. The summed E-state index contributed by atoms with van der Waals surface area (Å²) in [7, 11) is 1.59. The zero-order valence-electron chi connectivity index (χ0n) is 9.91. The molecule has 0 N–H and O–H groups in total. The van der Waals surface area contributed by atoms with Crippen molar-refractivity contribution in [2.75, 3.05) is 0 Å². The van der Waals surface area contributed by atoms with Crippen molar-refractivity contribution >= 4 is 10.9 Å². The van der Waals surface area contributed by atoms with Crippen molar-refractivity contribution in [3.05, 3.63) is 40.6 Å². The highest BCUT2D eigenvalue weighted by atomic mass is 16.5. The fraction of sp³-hybridized carbons (Fsp3) is 0.167. The topological polar surface area (TPSA) is 73.8 Å². The fourth-order valence-corrected chi connectivity index (χ4v) is 1.91. The molecule has 0 bridgehead atoms. The highest BCUT2D eigenvalue weighted by Gasteiger charge is 2.17. The minimum atomic E-state index is -0.264. The average molecular weight is 242 g/mol. The Hall–Kier alpha value is -2.50.